The van der Waals surface area contributed by atoms with Gasteiger partial charge in [0.25, 0.3) is 0 Å². The lowest BCUT2D eigenvalue weighted by molar-refractivity contribution is 0.701. The first-order valence-electron chi connectivity index (χ1n) is 4.09. The second kappa shape index (κ2) is 2.97. The van der Waals surface area contributed by atoms with Crippen molar-refractivity contribution in [2.24, 2.45) is 0 Å². The number of hydrogen-bond acceptors (Lipinski definition) is 1. The van der Waals surface area contributed by atoms with Gasteiger partial charge in [0.15, 0.2) is 0 Å². The zero-order chi connectivity index (χ0) is 7.68. The van der Waals surface area contributed by atoms with Crippen LogP contribution in [0.3, 0.4) is 0 Å². The first-order chi connectivity index (χ1) is 5.38. The molecule has 0 saturated carbocycles. The molecule has 1 aliphatic carbocycles. The van der Waals surface area contributed by atoms with Gasteiger partial charge in [0.2, 0.25) is 0 Å². The topological polar surface area (TPSA) is 28.7 Å². The fourth-order valence-electron chi connectivity index (χ4n) is 1.62. The number of aromatic nitrogens is 2. The second-order valence-electron chi connectivity index (χ2n) is 3.03. The summed E-state index contributed by atoms with van der Waals surface area (Å²) < 4.78 is 1.02. The maximum atomic E-state index is 4.13. The zero-order valence-corrected chi connectivity index (χ0v) is 7.95. The Morgan fingerprint density at radius 3 is 2.91 bits per heavy atom. The number of halogens is 1. The van der Waals surface area contributed by atoms with Crippen LogP contribution < -0.4 is 0 Å². The fourth-order valence-corrected chi connectivity index (χ4v) is 2.14. The number of nitrogens with zero attached hydrogens (tertiary/aromatic N) is 1. The minimum absolute atomic E-state index is 1.02. The Morgan fingerprint density at radius 2 is 2.00 bits per heavy atom. The molecule has 1 N–H and O–H groups in total. The van der Waals surface area contributed by atoms with Crippen LogP contribution in [0.2, 0.25) is 0 Å². The van der Waals surface area contributed by atoms with Crippen molar-refractivity contribution < 1.29 is 0 Å². The van der Waals surface area contributed by atoms with Gasteiger partial charge in [-0.05, 0) is 41.6 Å². The highest BCUT2D eigenvalue weighted by atomic mass is 79.9. The molecule has 2 nitrogen and oxygen atoms in total. The van der Waals surface area contributed by atoms with E-state index in [2.05, 4.69) is 26.1 Å². The van der Waals surface area contributed by atoms with Gasteiger partial charge in [-0.1, -0.05) is 6.42 Å². The molecule has 1 aromatic heterocycles. The van der Waals surface area contributed by atoms with E-state index in [0.717, 1.165) is 4.60 Å². The maximum absolute atomic E-state index is 4.13. The van der Waals surface area contributed by atoms with Crippen LogP contribution in [0.15, 0.2) is 4.60 Å². The van der Waals surface area contributed by atoms with E-state index in [1.54, 1.807) is 0 Å². The molecule has 3 heteroatoms. The quantitative estimate of drug-likeness (QED) is 0.661. The summed E-state index contributed by atoms with van der Waals surface area (Å²) in [6, 6.07) is 0. The Labute approximate surface area is 74.5 Å². The lowest BCUT2D eigenvalue weighted by Gasteiger charge is -1.93. The molecule has 11 heavy (non-hydrogen) atoms. The number of aryl methyl sites for hydroxylation is 1. The molecule has 0 bridgehead atoms. The molecule has 0 fully saturated rings. The van der Waals surface area contributed by atoms with Crippen LogP contribution in [0.5, 0.6) is 0 Å². The number of hydrogen-bond donors (Lipinski definition) is 1. The van der Waals surface area contributed by atoms with Crippen LogP contribution in [-0.2, 0) is 12.8 Å². The van der Waals surface area contributed by atoms with Gasteiger partial charge in [0.05, 0.1) is 0 Å². The Morgan fingerprint density at radius 1 is 1.18 bits per heavy atom. The van der Waals surface area contributed by atoms with Crippen LogP contribution in [0, 0.1) is 0 Å². The lowest BCUT2D eigenvalue weighted by atomic mass is 10.2. The van der Waals surface area contributed by atoms with Gasteiger partial charge in [-0.15, -0.1) is 0 Å². The summed E-state index contributed by atoms with van der Waals surface area (Å²) in [5.41, 5.74) is 2.75. The third-order valence-corrected chi connectivity index (χ3v) is 2.91. The van der Waals surface area contributed by atoms with E-state index < -0.39 is 0 Å². The average Bonchev–Trinajstić information content (AvgIpc) is 2.25. The highest BCUT2D eigenvalue weighted by Crippen LogP contribution is 2.24. The SMILES string of the molecule is Brc1n[nH]c2c1CCCCC2. The Balaban J connectivity index is 2.35. The molecule has 0 unspecified atom stereocenters. The second-order valence-corrected chi connectivity index (χ2v) is 3.78. The monoisotopic (exact) mass is 214 g/mol. The molecule has 0 aromatic carbocycles. The van der Waals surface area contributed by atoms with Gasteiger partial charge >= 0.3 is 0 Å². The number of aromatic amines is 1. The predicted molar refractivity (Wildman–Crippen MR) is 47.5 cm³/mol. The molecule has 1 heterocycles. The molecule has 1 aromatic rings. The van der Waals surface area contributed by atoms with Crippen LogP contribution in [0.1, 0.15) is 30.5 Å². The predicted octanol–water partition coefficient (Wildman–Crippen LogP) is 2.44. The minimum atomic E-state index is 1.02. The summed E-state index contributed by atoms with van der Waals surface area (Å²) in [7, 11) is 0. The third kappa shape index (κ3) is 1.34. The standard InChI is InChI=1S/C8H11BrN2/c9-8-6-4-2-1-3-5-7(6)10-11-8/h1-5H2,(H,10,11). The molecular weight excluding hydrogens is 204 g/mol. The molecule has 0 radical (unpaired) electrons. The van der Waals surface area contributed by atoms with E-state index in [1.165, 1.54) is 43.4 Å². The largest absolute Gasteiger partial charge is 0.281 e. The van der Waals surface area contributed by atoms with Crippen molar-refractivity contribution >= 4 is 15.9 Å². The summed E-state index contributed by atoms with van der Waals surface area (Å²) >= 11 is 3.44. The minimum Gasteiger partial charge on any atom is -0.281 e. The van der Waals surface area contributed by atoms with Gasteiger partial charge < -0.3 is 0 Å². The first-order valence-corrected chi connectivity index (χ1v) is 4.89. The van der Waals surface area contributed by atoms with E-state index in [4.69, 9.17) is 0 Å². The molecule has 0 spiro atoms. The Bertz CT molecular complexity index is 255. The van der Waals surface area contributed by atoms with Crippen molar-refractivity contribution in [1.82, 2.24) is 10.2 Å². The van der Waals surface area contributed by atoms with Crippen molar-refractivity contribution in [3.05, 3.63) is 15.9 Å². The first kappa shape index (κ1) is 7.35. The summed E-state index contributed by atoms with van der Waals surface area (Å²) in [6.07, 6.45) is 6.34. The van der Waals surface area contributed by atoms with Gasteiger partial charge in [0, 0.05) is 11.3 Å². The Hall–Kier alpha value is -0.310. The molecule has 0 aliphatic heterocycles. The summed E-state index contributed by atoms with van der Waals surface area (Å²) in [5.74, 6) is 0. The van der Waals surface area contributed by atoms with E-state index >= 15 is 0 Å². The molecule has 2 rings (SSSR count). The summed E-state index contributed by atoms with van der Waals surface area (Å²) in [6.45, 7) is 0. The van der Waals surface area contributed by atoms with Crippen molar-refractivity contribution in [1.29, 1.82) is 0 Å². The van der Waals surface area contributed by atoms with Crippen LogP contribution >= 0.6 is 15.9 Å². The molecule has 0 amide bonds. The highest BCUT2D eigenvalue weighted by molar-refractivity contribution is 9.10. The number of nitrogens with one attached hydrogen (secondary N) is 1. The number of rotatable bonds is 0. The van der Waals surface area contributed by atoms with Crippen molar-refractivity contribution in [2.45, 2.75) is 32.1 Å². The average molecular weight is 215 g/mol. The van der Waals surface area contributed by atoms with E-state index in [0.29, 0.717) is 0 Å². The molecule has 60 valence electrons. The normalized spacial score (nSPS) is 17.5. The van der Waals surface area contributed by atoms with Gasteiger partial charge in [-0.3, -0.25) is 5.10 Å². The Kier molecular flexibility index (Phi) is 1.98. The molecule has 0 atom stereocenters. The van der Waals surface area contributed by atoms with Gasteiger partial charge in [-0.2, -0.15) is 5.10 Å². The van der Waals surface area contributed by atoms with Crippen LogP contribution in [0.4, 0.5) is 0 Å². The molecule has 1 aliphatic rings. The fraction of sp³-hybridized carbons (Fsp3) is 0.625. The zero-order valence-electron chi connectivity index (χ0n) is 6.36. The van der Waals surface area contributed by atoms with Crippen molar-refractivity contribution in [3.8, 4) is 0 Å². The summed E-state index contributed by atoms with van der Waals surface area (Å²) in [5, 5.41) is 7.20. The third-order valence-electron chi connectivity index (χ3n) is 2.26. The van der Waals surface area contributed by atoms with E-state index in [9.17, 15) is 0 Å². The molecular formula is C8H11BrN2. The van der Waals surface area contributed by atoms with Crippen LogP contribution in [-0.4, -0.2) is 10.2 Å². The van der Waals surface area contributed by atoms with Crippen LogP contribution in [0.25, 0.3) is 0 Å². The van der Waals surface area contributed by atoms with E-state index in [1.807, 2.05) is 0 Å². The number of fused-ring (bicyclic) bond motifs is 1. The highest BCUT2D eigenvalue weighted by Gasteiger charge is 2.12. The maximum Gasteiger partial charge on any atom is 0.131 e. The number of H-pyrrole nitrogens is 1. The lowest BCUT2D eigenvalue weighted by Crippen LogP contribution is -1.86. The molecule has 0 saturated heterocycles. The van der Waals surface area contributed by atoms with Gasteiger partial charge in [0.1, 0.15) is 4.60 Å². The van der Waals surface area contributed by atoms with Gasteiger partial charge in [-0.25, -0.2) is 0 Å². The van der Waals surface area contributed by atoms with Crippen molar-refractivity contribution in [2.75, 3.05) is 0 Å². The summed E-state index contributed by atoms with van der Waals surface area (Å²) in [4.78, 5) is 0. The van der Waals surface area contributed by atoms with Crippen molar-refractivity contribution in [3.63, 3.8) is 0 Å². The van der Waals surface area contributed by atoms with E-state index in [-0.39, 0.29) is 0 Å². The smallest absolute Gasteiger partial charge is 0.131 e.